The first-order chi connectivity index (χ1) is 6.33. The summed E-state index contributed by atoms with van der Waals surface area (Å²) < 4.78 is 0. The van der Waals surface area contributed by atoms with E-state index >= 15 is 0 Å². The number of guanidine groups is 1. The first-order valence-corrected chi connectivity index (χ1v) is 4.75. The van der Waals surface area contributed by atoms with Gasteiger partial charge < -0.3 is 5.32 Å². The number of nitrogens with zero attached hydrogens (tertiary/aromatic N) is 1. The van der Waals surface area contributed by atoms with Gasteiger partial charge in [0.1, 0.15) is 0 Å². The van der Waals surface area contributed by atoms with Crippen molar-refractivity contribution in [1.82, 2.24) is 16.2 Å². The van der Waals surface area contributed by atoms with Crippen LogP contribution in [-0.2, 0) is 4.79 Å². The van der Waals surface area contributed by atoms with Gasteiger partial charge in [-0.2, -0.15) is 0 Å². The van der Waals surface area contributed by atoms with Crippen LogP contribution in [0.5, 0.6) is 0 Å². The first kappa shape index (κ1) is 13.8. The van der Waals surface area contributed by atoms with Crippen LogP contribution in [0, 0.1) is 0 Å². The van der Waals surface area contributed by atoms with Gasteiger partial charge in [-0.3, -0.25) is 20.6 Å². The van der Waals surface area contributed by atoms with E-state index < -0.39 is 0 Å². The fourth-order valence-corrected chi connectivity index (χ4v) is 1.07. The van der Waals surface area contributed by atoms with Crippen LogP contribution in [0.15, 0.2) is 4.99 Å². The maximum Gasteiger partial charge on any atom is 0.239 e. The molecule has 1 rings (SSSR count). The number of hydrogen-bond acceptors (Lipinski definition) is 4. The predicted molar refractivity (Wildman–Crippen MR) is 67.0 cm³/mol. The summed E-state index contributed by atoms with van der Waals surface area (Å²) in [6.07, 6.45) is 1.34. The van der Waals surface area contributed by atoms with Crippen LogP contribution in [0.25, 0.3) is 0 Å². The number of aliphatic imine (C=N–C) groups is 1. The number of halogens is 2. The van der Waals surface area contributed by atoms with Crippen LogP contribution in [-0.4, -0.2) is 30.8 Å². The zero-order valence-corrected chi connectivity index (χ0v) is 10.8. The number of hydrogen-bond donors (Lipinski definition) is 3. The van der Waals surface area contributed by atoms with E-state index in [1.807, 2.05) is 0 Å². The molecule has 1 heterocycles. The Morgan fingerprint density at radius 3 is 3.00 bits per heavy atom. The third-order valence-electron chi connectivity index (χ3n) is 1.54. The quantitative estimate of drug-likeness (QED) is 0.385. The van der Waals surface area contributed by atoms with E-state index in [4.69, 9.17) is 11.6 Å². The molecule has 82 valence electrons. The highest BCUT2D eigenvalue weighted by molar-refractivity contribution is 14.0. The van der Waals surface area contributed by atoms with Gasteiger partial charge in [-0.15, -0.1) is 35.6 Å². The van der Waals surface area contributed by atoms with Gasteiger partial charge in [0.2, 0.25) is 11.9 Å². The lowest BCUT2D eigenvalue weighted by Crippen LogP contribution is -2.49. The third-order valence-corrected chi connectivity index (χ3v) is 1.73. The van der Waals surface area contributed by atoms with E-state index in [0.717, 1.165) is 19.5 Å². The number of rotatable bonds is 2. The predicted octanol–water partition coefficient (Wildman–Crippen LogP) is 0.203. The van der Waals surface area contributed by atoms with Crippen LogP contribution in [0.1, 0.15) is 12.8 Å². The molecule has 0 aromatic heterocycles. The molecule has 1 amide bonds. The van der Waals surface area contributed by atoms with Crippen LogP contribution >= 0.6 is 35.6 Å². The minimum atomic E-state index is -0.134. The van der Waals surface area contributed by atoms with E-state index in [0.29, 0.717) is 18.3 Å². The lowest BCUT2D eigenvalue weighted by atomic mass is 10.4. The average molecular weight is 333 g/mol. The molecular formula is C7H14ClIN4O. The second-order valence-electron chi connectivity index (χ2n) is 2.62. The summed E-state index contributed by atoms with van der Waals surface area (Å²) in [6.45, 7) is 1.68. The maximum atomic E-state index is 10.9. The zero-order chi connectivity index (χ0) is 9.52. The number of alkyl halides is 1. The highest BCUT2D eigenvalue weighted by Crippen LogP contribution is 1.86. The fourth-order valence-electron chi connectivity index (χ4n) is 0.894. The summed E-state index contributed by atoms with van der Waals surface area (Å²) >= 11 is 5.38. The van der Waals surface area contributed by atoms with Gasteiger partial charge in [0.05, 0.1) is 0 Å². The van der Waals surface area contributed by atoms with Crippen molar-refractivity contribution in [3.05, 3.63) is 0 Å². The topological polar surface area (TPSA) is 65.5 Å². The molecule has 0 saturated heterocycles. The van der Waals surface area contributed by atoms with Crippen molar-refractivity contribution >= 4 is 47.4 Å². The lowest BCUT2D eigenvalue weighted by Gasteiger charge is -2.16. The molecule has 0 atom stereocenters. The minimum absolute atomic E-state index is 0. The van der Waals surface area contributed by atoms with Crippen molar-refractivity contribution in [2.24, 2.45) is 4.99 Å². The Kier molecular flexibility index (Phi) is 7.96. The number of nitrogens with one attached hydrogen (secondary N) is 3. The molecular weight excluding hydrogens is 318 g/mol. The normalized spacial score (nSPS) is 14.5. The molecule has 0 bridgehead atoms. The summed E-state index contributed by atoms with van der Waals surface area (Å²) in [7, 11) is 0. The van der Waals surface area contributed by atoms with Crippen molar-refractivity contribution in [2.45, 2.75) is 12.8 Å². The van der Waals surface area contributed by atoms with Crippen LogP contribution in [0.3, 0.4) is 0 Å². The molecule has 3 N–H and O–H groups in total. The molecule has 1 aliphatic heterocycles. The molecule has 0 unspecified atom stereocenters. The van der Waals surface area contributed by atoms with Gasteiger partial charge in [-0.25, -0.2) is 0 Å². The molecule has 0 aliphatic carbocycles. The molecule has 0 aromatic carbocycles. The van der Waals surface area contributed by atoms with Gasteiger partial charge in [-0.1, -0.05) is 0 Å². The fraction of sp³-hybridized carbons (Fsp3) is 0.714. The molecule has 7 heteroatoms. The summed E-state index contributed by atoms with van der Waals surface area (Å²) in [5, 5.41) is 3.01. The van der Waals surface area contributed by atoms with E-state index in [1.165, 1.54) is 0 Å². The van der Waals surface area contributed by atoms with Gasteiger partial charge in [0.25, 0.3) is 0 Å². The van der Waals surface area contributed by atoms with Crippen molar-refractivity contribution < 1.29 is 4.79 Å². The van der Waals surface area contributed by atoms with E-state index in [9.17, 15) is 4.79 Å². The van der Waals surface area contributed by atoms with Gasteiger partial charge in [-0.05, 0) is 6.42 Å². The second-order valence-corrected chi connectivity index (χ2v) is 3.00. The Morgan fingerprint density at radius 2 is 2.43 bits per heavy atom. The highest BCUT2D eigenvalue weighted by atomic mass is 127. The first-order valence-electron chi connectivity index (χ1n) is 4.22. The molecule has 1 aliphatic rings. The minimum Gasteiger partial charge on any atom is -0.355 e. The SMILES string of the molecule is I.O=C(CCCl)NNC1=NCCCN1. The van der Waals surface area contributed by atoms with Crippen molar-refractivity contribution in [3.8, 4) is 0 Å². The number of carbonyl (C=O) groups excluding carboxylic acids is 1. The largest absolute Gasteiger partial charge is 0.355 e. The molecule has 0 radical (unpaired) electrons. The molecule has 0 fully saturated rings. The Balaban J connectivity index is 0.00000169. The van der Waals surface area contributed by atoms with Crippen LogP contribution in [0.4, 0.5) is 0 Å². The van der Waals surface area contributed by atoms with Gasteiger partial charge >= 0.3 is 0 Å². The van der Waals surface area contributed by atoms with E-state index in [-0.39, 0.29) is 29.9 Å². The molecule has 0 saturated carbocycles. The summed E-state index contributed by atoms with van der Waals surface area (Å²) in [5.41, 5.74) is 5.17. The van der Waals surface area contributed by atoms with Crippen LogP contribution in [0.2, 0.25) is 0 Å². The maximum absolute atomic E-state index is 10.9. The van der Waals surface area contributed by atoms with Crippen molar-refractivity contribution in [1.29, 1.82) is 0 Å². The second kappa shape index (κ2) is 8.10. The zero-order valence-electron chi connectivity index (χ0n) is 7.68. The summed E-state index contributed by atoms with van der Waals surface area (Å²) in [6, 6.07) is 0. The van der Waals surface area contributed by atoms with Crippen molar-refractivity contribution in [2.75, 3.05) is 19.0 Å². The Hall–Kier alpha value is -0.240. The Bertz CT molecular complexity index is 212. The monoisotopic (exact) mass is 332 g/mol. The van der Waals surface area contributed by atoms with Crippen LogP contribution < -0.4 is 16.2 Å². The standard InChI is InChI=1S/C7H13ClN4O.HI/c8-3-2-6(13)11-12-7-9-4-1-5-10-7;/h1-5H2,(H,11,13)(H2,9,10,12);1H. The van der Waals surface area contributed by atoms with Crippen molar-refractivity contribution in [3.63, 3.8) is 0 Å². The summed E-state index contributed by atoms with van der Waals surface area (Å²) in [5.74, 6) is 0.812. The molecule has 0 aromatic rings. The molecule has 0 spiro atoms. The van der Waals surface area contributed by atoms with E-state index in [1.54, 1.807) is 0 Å². The number of hydrazine groups is 1. The molecule has 5 nitrogen and oxygen atoms in total. The Labute approximate surface area is 105 Å². The lowest BCUT2D eigenvalue weighted by molar-refractivity contribution is -0.121. The number of carbonyl (C=O) groups is 1. The number of amides is 1. The molecule has 14 heavy (non-hydrogen) atoms. The van der Waals surface area contributed by atoms with Gasteiger partial charge in [0.15, 0.2) is 0 Å². The summed E-state index contributed by atoms with van der Waals surface area (Å²) in [4.78, 5) is 15.1. The third kappa shape index (κ3) is 5.48. The van der Waals surface area contributed by atoms with Gasteiger partial charge in [0, 0.05) is 25.4 Å². The Morgan fingerprint density at radius 1 is 1.64 bits per heavy atom. The average Bonchev–Trinajstić information content (AvgIpc) is 2.17. The van der Waals surface area contributed by atoms with E-state index in [2.05, 4.69) is 21.2 Å². The highest BCUT2D eigenvalue weighted by Gasteiger charge is 2.04. The smallest absolute Gasteiger partial charge is 0.239 e.